The smallest absolute Gasteiger partial charge is 0.276 e. The average molecular weight is 261 g/mol. The molecule has 1 aliphatic rings. The van der Waals surface area contributed by atoms with Gasteiger partial charge in [0.2, 0.25) is 0 Å². The number of aromatic nitrogens is 3. The van der Waals surface area contributed by atoms with Gasteiger partial charge in [0.15, 0.2) is 5.82 Å². The van der Waals surface area contributed by atoms with Gasteiger partial charge >= 0.3 is 0 Å². The van der Waals surface area contributed by atoms with Crippen LogP contribution in [0.25, 0.3) is 5.82 Å². The van der Waals surface area contributed by atoms with E-state index < -0.39 is 0 Å². The van der Waals surface area contributed by atoms with Gasteiger partial charge in [0, 0.05) is 17.7 Å². The van der Waals surface area contributed by atoms with Crippen LogP contribution >= 0.6 is 11.8 Å². The predicted octanol–water partition coefficient (Wildman–Crippen LogP) is 2.43. The lowest BCUT2D eigenvalue weighted by Crippen LogP contribution is -2.18. The summed E-state index contributed by atoms with van der Waals surface area (Å²) in [6.45, 7) is 4.26. The van der Waals surface area contributed by atoms with Crippen LogP contribution in [-0.4, -0.2) is 14.8 Å². The highest BCUT2D eigenvalue weighted by atomic mass is 32.2. The normalized spacial score (nSPS) is 14.2. The van der Waals surface area contributed by atoms with E-state index in [1.165, 1.54) is 5.56 Å². The minimum absolute atomic E-state index is 0.0415. The lowest BCUT2D eigenvalue weighted by Gasteiger charge is -2.06. The van der Waals surface area contributed by atoms with Crippen molar-refractivity contribution in [2.45, 2.75) is 31.3 Å². The molecule has 0 spiro atoms. The Hall–Kier alpha value is -1.49. The molecule has 2 aromatic rings. The Morgan fingerprint density at radius 2 is 2.22 bits per heavy atom. The van der Waals surface area contributed by atoms with Crippen LogP contribution < -0.4 is 5.56 Å². The number of rotatable bonds is 2. The molecule has 0 unspecified atom stereocenters. The van der Waals surface area contributed by atoms with Crippen molar-refractivity contribution in [1.82, 2.24) is 14.8 Å². The first-order valence-corrected chi connectivity index (χ1v) is 7.19. The number of hydrogen-bond donors (Lipinski definition) is 1. The Labute approximate surface area is 109 Å². The molecule has 94 valence electrons. The molecule has 3 rings (SSSR count). The first kappa shape index (κ1) is 11.6. The number of hydrogen-bond acceptors (Lipinski definition) is 3. The maximum absolute atomic E-state index is 12.2. The topological polar surface area (TPSA) is 50.7 Å². The van der Waals surface area contributed by atoms with Gasteiger partial charge in [-0.2, -0.15) is 11.8 Å². The molecule has 0 saturated heterocycles. The molecule has 0 atom stereocenters. The van der Waals surface area contributed by atoms with Crippen molar-refractivity contribution < 1.29 is 0 Å². The van der Waals surface area contributed by atoms with Crippen molar-refractivity contribution in [2.24, 2.45) is 0 Å². The van der Waals surface area contributed by atoms with E-state index in [9.17, 15) is 4.79 Å². The Balaban J connectivity index is 2.03. The van der Waals surface area contributed by atoms with Gasteiger partial charge in [-0.3, -0.25) is 9.89 Å². The molecule has 5 heteroatoms. The highest BCUT2D eigenvalue weighted by Gasteiger charge is 2.20. The van der Waals surface area contributed by atoms with E-state index in [4.69, 9.17) is 0 Å². The van der Waals surface area contributed by atoms with Crippen LogP contribution in [0.4, 0.5) is 0 Å². The Morgan fingerprint density at radius 3 is 2.83 bits per heavy atom. The minimum Gasteiger partial charge on any atom is -0.292 e. The minimum atomic E-state index is 0.0415. The van der Waals surface area contributed by atoms with Gasteiger partial charge in [-0.05, 0) is 17.5 Å². The molecular formula is C13H15N3OS. The zero-order valence-corrected chi connectivity index (χ0v) is 11.3. The Kier molecular flexibility index (Phi) is 2.78. The fourth-order valence-corrected chi connectivity index (χ4v) is 3.12. The SMILES string of the molecule is CC(C)c1ccc(-n2[nH]c3c(c2=O)CSC3)nc1. The summed E-state index contributed by atoms with van der Waals surface area (Å²) in [5.41, 5.74) is 3.16. The third-order valence-electron chi connectivity index (χ3n) is 3.23. The van der Waals surface area contributed by atoms with Gasteiger partial charge in [-0.15, -0.1) is 0 Å². The monoisotopic (exact) mass is 261 g/mol. The van der Waals surface area contributed by atoms with E-state index in [0.29, 0.717) is 11.7 Å². The largest absolute Gasteiger partial charge is 0.292 e. The van der Waals surface area contributed by atoms with Crippen LogP contribution in [0.2, 0.25) is 0 Å². The number of fused-ring (bicyclic) bond motifs is 1. The molecule has 1 aliphatic heterocycles. The molecule has 0 radical (unpaired) electrons. The second kappa shape index (κ2) is 4.31. The number of thioether (sulfide) groups is 1. The summed E-state index contributed by atoms with van der Waals surface area (Å²) in [4.78, 5) is 16.5. The molecule has 1 N–H and O–H groups in total. The van der Waals surface area contributed by atoms with E-state index in [-0.39, 0.29) is 5.56 Å². The van der Waals surface area contributed by atoms with E-state index in [1.54, 1.807) is 16.4 Å². The zero-order chi connectivity index (χ0) is 12.7. The molecule has 18 heavy (non-hydrogen) atoms. The molecule has 0 aromatic carbocycles. The summed E-state index contributed by atoms with van der Waals surface area (Å²) in [5.74, 6) is 2.82. The maximum Gasteiger partial charge on any atom is 0.276 e. The standard InChI is InChI=1S/C13H15N3OS/c1-8(2)9-3-4-12(14-5-9)16-13(17)10-6-18-7-11(10)15-16/h3-5,8,15H,6-7H2,1-2H3. The van der Waals surface area contributed by atoms with Crippen molar-refractivity contribution in [3.8, 4) is 5.82 Å². The number of nitrogens with zero attached hydrogens (tertiary/aromatic N) is 2. The molecule has 0 saturated carbocycles. The first-order valence-electron chi connectivity index (χ1n) is 6.03. The molecule has 2 aromatic heterocycles. The third-order valence-corrected chi connectivity index (χ3v) is 4.22. The first-order chi connectivity index (χ1) is 8.66. The lowest BCUT2D eigenvalue weighted by molar-refractivity contribution is 0.793. The van der Waals surface area contributed by atoms with E-state index in [2.05, 4.69) is 23.9 Å². The second-order valence-electron chi connectivity index (χ2n) is 4.81. The summed E-state index contributed by atoms with van der Waals surface area (Å²) in [6, 6.07) is 3.93. The number of pyridine rings is 1. The predicted molar refractivity (Wildman–Crippen MR) is 73.3 cm³/mol. The van der Waals surface area contributed by atoms with Crippen LogP contribution in [-0.2, 0) is 11.5 Å². The fraction of sp³-hybridized carbons (Fsp3) is 0.385. The maximum atomic E-state index is 12.2. The molecular weight excluding hydrogens is 246 g/mol. The van der Waals surface area contributed by atoms with Crippen molar-refractivity contribution in [2.75, 3.05) is 0 Å². The number of aromatic amines is 1. The quantitative estimate of drug-likeness (QED) is 0.903. The average Bonchev–Trinajstić information content (AvgIpc) is 2.93. The van der Waals surface area contributed by atoms with Gasteiger partial charge in [-0.1, -0.05) is 19.9 Å². The van der Waals surface area contributed by atoms with Gasteiger partial charge in [-0.25, -0.2) is 9.67 Å². The summed E-state index contributed by atoms with van der Waals surface area (Å²) in [6.07, 6.45) is 1.84. The highest BCUT2D eigenvalue weighted by Crippen LogP contribution is 2.26. The van der Waals surface area contributed by atoms with Crippen LogP contribution in [0.1, 0.15) is 36.6 Å². The molecule has 0 bridgehead atoms. The van der Waals surface area contributed by atoms with Crippen molar-refractivity contribution in [3.63, 3.8) is 0 Å². The Morgan fingerprint density at radius 1 is 1.39 bits per heavy atom. The van der Waals surface area contributed by atoms with Crippen molar-refractivity contribution in [1.29, 1.82) is 0 Å². The van der Waals surface area contributed by atoms with Crippen molar-refractivity contribution >= 4 is 11.8 Å². The highest BCUT2D eigenvalue weighted by molar-refractivity contribution is 7.98. The third kappa shape index (κ3) is 1.79. The van der Waals surface area contributed by atoms with Gasteiger partial charge in [0.25, 0.3) is 5.56 Å². The van der Waals surface area contributed by atoms with Crippen LogP contribution in [0.5, 0.6) is 0 Å². The van der Waals surface area contributed by atoms with Gasteiger partial charge in [0.05, 0.1) is 11.3 Å². The second-order valence-corrected chi connectivity index (χ2v) is 5.79. The van der Waals surface area contributed by atoms with Gasteiger partial charge < -0.3 is 0 Å². The number of nitrogens with one attached hydrogen (secondary N) is 1. The summed E-state index contributed by atoms with van der Waals surface area (Å²) in [5, 5.41) is 3.15. The Bertz CT molecular complexity index is 625. The number of H-pyrrole nitrogens is 1. The van der Waals surface area contributed by atoms with Crippen molar-refractivity contribution in [3.05, 3.63) is 45.5 Å². The van der Waals surface area contributed by atoms with E-state index in [0.717, 1.165) is 22.8 Å². The van der Waals surface area contributed by atoms with E-state index >= 15 is 0 Å². The van der Waals surface area contributed by atoms with Crippen LogP contribution in [0.3, 0.4) is 0 Å². The summed E-state index contributed by atoms with van der Waals surface area (Å²) in [7, 11) is 0. The summed E-state index contributed by atoms with van der Waals surface area (Å²) >= 11 is 1.77. The molecule has 3 heterocycles. The molecule has 0 amide bonds. The van der Waals surface area contributed by atoms with Crippen LogP contribution in [0.15, 0.2) is 23.1 Å². The fourth-order valence-electron chi connectivity index (χ4n) is 2.07. The van der Waals surface area contributed by atoms with E-state index in [1.807, 2.05) is 18.3 Å². The molecule has 4 nitrogen and oxygen atoms in total. The molecule has 0 fully saturated rings. The lowest BCUT2D eigenvalue weighted by atomic mass is 10.1. The molecule has 0 aliphatic carbocycles. The van der Waals surface area contributed by atoms with Crippen LogP contribution in [0, 0.1) is 0 Å². The summed E-state index contributed by atoms with van der Waals surface area (Å²) < 4.78 is 1.55. The van der Waals surface area contributed by atoms with Gasteiger partial charge in [0.1, 0.15) is 0 Å². The zero-order valence-electron chi connectivity index (χ0n) is 10.4.